The van der Waals surface area contributed by atoms with E-state index < -0.39 is 6.10 Å². The van der Waals surface area contributed by atoms with Crippen LogP contribution in [0.25, 0.3) is 0 Å². The summed E-state index contributed by atoms with van der Waals surface area (Å²) in [6.07, 6.45) is 3.54. The fraction of sp³-hybridized carbons (Fsp3) is 0.480. The molecular formula is C25H33N3O2. The maximum atomic E-state index is 13.2. The molecule has 0 radical (unpaired) electrons. The summed E-state index contributed by atoms with van der Waals surface area (Å²) in [5.41, 5.74) is 5.11. The minimum atomic E-state index is -0.508. The van der Waals surface area contributed by atoms with Gasteiger partial charge in [-0.3, -0.25) is 4.79 Å². The third kappa shape index (κ3) is 4.46. The highest BCUT2D eigenvalue weighted by Gasteiger charge is 2.25. The van der Waals surface area contributed by atoms with Crippen LogP contribution in [0.15, 0.2) is 42.5 Å². The number of aryl methyl sites for hydroxylation is 1. The first-order valence-corrected chi connectivity index (χ1v) is 11.2. The maximum Gasteiger partial charge on any atom is 0.253 e. The first kappa shape index (κ1) is 20.7. The van der Waals surface area contributed by atoms with E-state index in [0.29, 0.717) is 18.7 Å². The number of aliphatic hydroxyl groups is 1. The van der Waals surface area contributed by atoms with E-state index in [-0.39, 0.29) is 5.91 Å². The van der Waals surface area contributed by atoms with Crippen molar-refractivity contribution in [3.63, 3.8) is 0 Å². The summed E-state index contributed by atoms with van der Waals surface area (Å²) in [7, 11) is 2.07. The van der Waals surface area contributed by atoms with Gasteiger partial charge in [0.05, 0.1) is 6.10 Å². The molecule has 1 N–H and O–H groups in total. The number of rotatable bonds is 2. The standard InChI is InChI=1S/C25H33N3O2/c1-19-7-6-8-21(17-19)27-13-15-28(16-14-27)25(30)20-10-11-23-22(18-20)24(29)9-4-3-5-12-26(23)2/h6-8,10-11,17-18,24,29H,3-5,9,12-16H2,1-2H3. The van der Waals surface area contributed by atoms with Gasteiger partial charge in [-0.1, -0.05) is 25.0 Å². The molecule has 5 heteroatoms. The van der Waals surface area contributed by atoms with Crippen molar-refractivity contribution in [2.45, 2.75) is 38.7 Å². The van der Waals surface area contributed by atoms with Crippen LogP contribution in [0.4, 0.5) is 11.4 Å². The lowest BCUT2D eigenvalue weighted by atomic mass is 9.99. The van der Waals surface area contributed by atoms with Crippen LogP contribution in [0.1, 0.15) is 53.3 Å². The van der Waals surface area contributed by atoms with Gasteiger partial charge in [0.15, 0.2) is 0 Å². The Morgan fingerprint density at radius 2 is 1.77 bits per heavy atom. The van der Waals surface area contributed by atoms with Gasteiger partial charge >= 0.3 is 0 Å². The molecule has 160 valence electrons. The number of anilines is 2. The topological polar surface area (TPSA) is 47.0 Å². The highest BCUT2D eigenvalue weighted by Crippen LogP contribution is 2.32. The van der Waals surface area contributed by atoms with E-state index in [1.807, 2.05) is 23.1 Å². The molecule has 2 aliphatic rings. The Hall–Kier alpha value is -2.53. The van der Waals surface area contributed by atoms with Gasteiger partial charge in [0.25, 0.3) is 5.91 Å². The summed E-state index contributed by atoms with van der Waals surface area (Å²) >= 11 is 0. The van der Waals surface area contributed by atoms with Gasteiger partial charge < -0.3 is 19.8 Å². The largest absolute Gasteiger partial charge is 0.388 e. The molecule has 30 heavy (non-hydrogen) atoms. The van der Waals surface area contributed by atoms with Crippen LogP contribution in [0.5, 0.6) is 0 Å². The highest BCUT2D eigenvalue weighted by atomic mass is 16.3. The van der Waals surface area contributed by atoms with Gasteiger partial charge in [-0.2, -0.15) is 0 Å². The van der Waals surface area contributed by atoms with Gasteiger partial charge in [-0.25, -0.2) is 0 Å². The quantitative estimate of drug-likeness (QED) is 0.817. The van der Waals surface area contributed by atoms with Crippen LogP contribution >= 0.6 is 0 Å². The number of benzene rings is 2. The molecule has 1 atom stereocenters. The van der Waals surface area contributed by atoms with E-state index in [9.17, 15) is 9.90 Å². The van der Waals surface area contributed by atoms with Crippen LogP contribution in [-0.4, -0.2) is 55.7 Å². The average molecular weight is 408 g/mol. The Kier molecular flexibility index (Phi) is 6.28. The normalized spacial score (nSPS) is 20.2. The molecule has 1 saturated heterocycles. The summed E-state index contributed by atoms with van der Waals surface area (Å²) in [6.45, 7) is 6.20. The molecule has 0 saturated carbocycles. The fourth-order valence-corrected chi connectivity index (χ4v) is 4.62. The Morgan fingerprint density at radius 1 is 0.967 bits per heavy atom. The molecule has 2 heterocycles. The minimum absolute atomic E-state index is 0.0661. The molecule has 1 unspecified atom stereocenters. The number of aliphatic hydroxyl groups excluding tert-OH is 1. The van der Waals surface area contributed by atoms with Gasteiger partial charge in [0, 0.05) is 62.3 Å². The molecular weight excluding hydrogens is 374 g/mol. The summed E-state index contributed by atoms with van der Waals surface area (Å²) < 4.78 is 0. The lowest BCUT2D eigenvalue weighted by Gasteiger charge is -2.36. The number of carbonyl (C=O) groups excluding carboxylic acids is 1. The lowest BCUT2D eigenvalue weighted by molar-refractivity contribution is 0.0746. The number of amides is 1. The Bertz CT molecular complexity index is 890. The lowest BCUT2D eigenvalue weighted by Crippen LogP contribution is -2.48. The molecule has 1 amide bonds. The zero-order valence-electron chi connectivity index (χ0n) is 18.2. The maximum absolute atomic E-state index is 13.2. The van der Waals surface area contributed by atoms with Crippen LogP contribution < -0.4 is 9.80 Å². The predicted octanol–water partition coefficient (Wildman–Crippen LogP) is 4.00. The highest BCUT2D eigenvalue weighted by molar-refractivity contribution is 5.95. The number of carbonyl (C=O) groups is 1. The zero-order chi connectivity index (χ0) is 21.1. The van der Waals surface area contributed by atoms with E-state index in [1.54, 1.807) is 0 Å². The monoisotopic (exact) mass is 407 g/mol. The van der Waals surface area contributed by atoms with E-state index in [1.165, 1.54) is 11.3 Å². The van der Waals surface area contributed by atoms with Gasteiger partial charge in [-0.15, -0.1) is 0 Å². The van der Waals surface area contributed by atoms with Crippen LogP contribution in [0.2, 0.25) is 0 Å². The summed E-state index contributed by atoms with van der Waals surface area (Å²) in [5.74, 6) is 0.0661. The number of hydrogen-bond donors (Lipinski definition) is 1. The van der Waals surface area contributed by atoms with Gasteiger partial charge in [0.1, 0.15) is 0 Å². The SMILES string of the molecule is Cc1cccc(N2CCN(C(=O)c3ccc4c(c3)C(O)CCCCCN4C)CC2)c1. The molecule has 2 aromatic rings. The smallest absolute Gasteiger partial charge is 0.253 e. The second kappa shape index (κ2) is 9.09. The van der Waals surface area contributed by atoms with Gasteiger partial charge in [0.2, 0.25) is 0 Å². The predicted molar refractivity (Wildman–Crippen MR) is 122 cm³/mol. The van der Waals surface area contributed by atoms with E-state index in [2.05, 4.69) is 48.0 Å². The molecule has 1 fully saturated rings. The van der Waals surface area contributed by atoms with Crippen molar-refractivity contribution in [1.29, 1.82) is 0 Å². The number of piperazine rings is 1. The molecule has 2 aromatic carbocycles. The first-order valence-electron chi connectivity index (χ1n) is 11.2. The minimum Gasteiger partial charge on any atom is -0.388 e. The van der Waals surface area contributed by atoms with Crippen molar-refractivity contribution in [2.24, 2.45) is 0 Å². The van der Waals surface area contributed by atoms with Crippen molar-refractivity contribution >= 4 is 17.3 Å². The van der Waals surface area contributed by atoms with Gasteiger partial charge in [-0.05, 0) is 55.7 Å². The molecule has 0 spiro atoms. The van der Waals surface area contributed by atoms with Crippen LogP contribution in [0, 0.1) is 6.92 Å². The third-order valence-electron chi connectivity index (χ3n) is 6.45. The van der Waals surface area contributed by atoms with E-state index in [4.69, 9.17) is 0 Å². The molecule has 0 bridgehead atoms. The van der Waals surface area contributed by atoms with Crippen LogP contribution in [0.3, 0.4) is 0 Å². The van der Waals surface area contributed by atoms with E-state index in [0.717, 1.165) is 56.6 Å². The van der Waals surface area contributed by atoms with E-state index >= 15 is 0 Å². The molecule has 0 aromatic heterocycles. The van der Waals surface area contributed by atoms with Crippen molar-refractivity contribution in [3.05, 3.63) is 59.2 Å². The van der Waals surface area contributed by atoms with Crippen molar-refractivity contribution in [2.75, 3.05) is 49.6 Å². The fourth-order valence-electron chi connectivity index (χ4n) is 4.62. The second-order valence-electron chi connectivity index (χ2n) is 8.68. The van der Waals surface area contributed by atoms with Crippen molar-refractivity contribution in [3.8, 4) is 0 Å². The summed E-state index contributed by atoms with van der Waals surface area (Å²) in [6, 6.07) is 14.4. The number of nitrogens with zero attached hydrogens (tertiary/aromatic N) is 3. The van der Waals surface area contributed by atoms with Crippen molar-refractivity contribution in [1.82, 2.24) is 4.90 Å². The Balaban J connectivity index is 1.48. The summed E-state index contributed by atoms with van der Waals surface area (Å²) in [4.78, 5) is 19.7. The average Bonchev–Trinajstić information content (AvgIpc) is 2.83. The second-order valence-corrected chi connectivity index (χ2v) is 8.68. The molecule has 5 nitrogen and oxygen atoms in total. The Morgan fingerprint density at radius 3 is 2.53 bits per heavy atom. The number of hydrogen-bond acceptors (Lipinski definition) is 4. The van der Waals surface area contributed by atoms with Crippen molar-refractivity contribution < 1.29 is 9.90 Å². The first-order chi connectivity index (χ1) is 14.5. The van der Waals surface area contributed by atoms with Crippen LogP contribution in [-0.2, 0) is 0 Å². The Labute approximate surface area is 179 Å². The molecule has 2 aliphatic heterocycles. The molecule has 0 aliphatic carbocycles. The summed E-state index contributed by atoms with van der Waals surface area (Å²) in [5, 5.41) is 10.8. The molecule has 4 rings (SSSR count). The third-order valence-corrected chi connectivity index (χ3v) is 6.45. The number of fused-ring (bicyclic) bond motifs is 1. The zero-order valence-corrected chi connectivity index (χ0v) is 18.2.